The Bertz CT molecular complexity index is 387. The van der Waals surface area contributed by atoms with Crippen LogP contribution in [0.3, 0.4) is 0 Å². The van der Waals surface area contributed by atoms with Gasteiger partial charge in [0.2, 0.25) is 5.91 Å². The van der Waals surface area contributed by atoms with Crippen molar-refractivity contribution in [1.82, 2.24) is 5.32 Å². The molecule has 2 unspecified atom stereocenters. The Morgan fingerprint density at radius 1 is 1.56 bits per heavy atom. The average molecular weight is 246 g/mol. The molecule has 0 saturated carbocycles. The molecule has 5 nitrogen and oxygen atoms in total. The second-order valence-electron chi connectivity index (χ2n) is 4.44. The largest absolute Gasteiger partial charge is 0.349 e. The maximum atomic E-state index is 11.5. The van der Waals surface area contributed by atoms with Crippen molar-refractivity contribution in [1.29, 1.82) is 0 Å². The van der Waals surface area contributed by atoms with Gasteiger partial charge in [-0.1, -0.05) is 13.8 Å². The number of nitrogens with one attached hydrogen (secondary N) is 1. The van der Waals surface area contributed by atoms with E-state index in [1.54, 1.807) is 0 Å². The summed E-state index contributed by atoms with van der Waals surface area (Å²) >= 11 is 0. The van der Waals surface area contributed by atoms with Gasteiger partial charge in [-0.3, -0.25) is 4.79 Å². The molecule has 0 aromatic heterocycles. The number of rotatable bonds is 4. The third kappa shape index (κ3) is 3.94. The lowest BCUT2D eigenvalue weighted by molar-refractivity contribution is -0.121. The fraction of sp³-hybridized carbons (Fsp3) is 0.700. The van der Waals surface area contributed by atoms with E-state index in [1.165, 1.54) is 6.08 Å². The van der Waals surface area contributed by atoms with Crippen LogP contribution in [0.5, 0.6) is 0 Å². The van der Waals surface area contributed by atoms with Crippen molar-refractivity contribution in [2.45, 2.75) is 32.4 Å². The van der Waals surface area contributed by atoms with E-state index in [-0.39, 0.29) is 30.0 Å². The van der Waals surface area contributed by atoms with Gasteiger partial charge in [-0.05, 0) is 12.0 Å². The molecule has 0 spiro atoms. The first-order valence-electron chi connectivity index (χ1n) is 5.26. The van der Waals surface area contributed by atoms with E-state index in [2.05, 4.69) is 5.32 Å². The first-order valence-corrected chi connectivity index (χ1v) is 6.97. The van der Waals surface area contributed by atoms with Gasteiger partial charge < -0.3 is 11.1 Å². The van der Waals surface area contributed by atoms with E-state index in [1.807, 2.05) is 13.8 Å². The highest BCUT2D eigenvalue weighted by molar-refractivity contribution is 7.94. The maximum Gasteiger partial charge on any atom is 0.222 e. The van der Waals surface area contributed by atoms with Crippen LogP contribution in [0.4, 0.5) is 0 Å². The summed E-state index contributed by atoms with van der Waals surface area (Å²) in [6, 6.07) is -0.598. The lowest BCUT2D eigenvalue weighted by atomic mass is 10.0. The van der Waals surface area contributed by atoms with Gasteiger partial charge in [0.25, 0.3) is 0 Å². The van der Waals surface area contributed by atoms with Gasteiger partial charge in [0, 0.05) is 17.9 Å². The summed E-state index contributed by atoms with van der Waals surface area (Å²) in [4.78, 5) is 11.5. The fourth-order valence-corrected chi connectivity index (χ4v) is 2.62. The number of carbonyl (C=O) groups excluding carboxylic acids is 1. The molecule has 92 valence electrons. The van der Waals surface area contributed by atoms with Crippen LogP contribution in [0.15, 0.2) is 11.5 Å². The highest BCUT2D eigenvalue weighted by Crippen LogP contribution is 2.09. The number of amides is 1. The predicted molar refractivity (Wildman–Crippen MR) is 62.3 cm³/mol. The molecular weight excluding hydrogens is 228 g/mol. The third-order valence-electron chi connectivity index (χ3n) is 2.55. The van der Waals surface area contributed by atoms with Crippen LogP contribution in [-0.2, 0) is 14.6 Å². The van der Waals surface area contributed by atoms with Gasteiger partial charge in [-0.2, -0.15) is 0 Å². The molecular formula is C10H18N2O3S. The summed E-state index contributed by atoms with van der Waals surface area (Å²) in [5.41, 5.74) is 5.75. The highest BCUT2D eigenvalue weighted by Gasteiger charge is 2.23. The van der Waals surface area contributed by atoms with Crippen LogP contribution in [0.2, 0.25) is 0 Å². The van der Waals surface area contributed by atoms with Crippen molar-refractivity contribution in [3.63, 3.8) is 0 Å². The maximum absolute atomic E-state index is 11.5. The summed E-state index contributed by atoms with van der Waals surface area (Å²) in [5.74, 6) is -0.0168. The minimum absolute atomic E-state index is 0.0460. The van der Waals surface area contributed by atoms with E-state index < -0.39 is 15.9 Å². The van der Waals surface area contributed by atoms with E-state index in [9.17, 15) is 13.2 Å². The minimum atomic E-state index is -3.11. The lowest BCUT2D eigenvalue weighted by Crippen LogP contribution is -2.40. The Morgan fingerprint density at radius 2 is 2.19 bits per heavy atom. The molecule has 0 fully saturated rings. The average Bonchev–Trinajstić information content (AvgIpc) is 2.44. The van der Waals surface area contributed by atoms with Crippen molar-refractivity contribution in [2.24, 2.45) is 11.7 Å². The number of nitrogens with two attached hydrogens (primary N) is 1. The van der Waals surface area contributed by atoms with Gasteiger partial charge in [0.15, 0.2) is 9.84 Å². The number of hydrogen-bond donors (Lipinski definition) is 2. The van der Waals surface area contributed by atoms with E-state index in [0.717, 1.165) is 5.41 Å². The Kier molecular flexibility index (Phi) is 4.09. The zero-order valence-electron chi connectivity index (χ0n) is 9.51. The molecule has 1 heterocycles. The van der Waals surface area contributed by atoms with Gasteiger partial charge in [-0.15, -0.1) is 0 Å². The highest BCUT2D eigenvalue weighted by atomic mass is 32.2. The van der Waals surface area contributed by atoms with Crippen molar-refractivity contribution < 1.29 is 13.2 Å². The SMILES string of the molecule is CC(C)C(N)CC(=O)NC1C=CS(=O)(=O)C1. The normalized spacial score (nSPS) is 24.6. The molecule has 0 aromatic carbocycles. The van der Waals surface area contributed by atoms with Crippen LogP contribution in [0, 0.1) is 5.92 Å². The molecule has 0 radical (unpaired) electrons. The summed E-state index contributed by atoms with van der Waals surface area (Å²) in [5, 5.41) is 3.77. The Hall–Kier alpha value is -0.880. The van der Waals surface area contributed by atoms with Crippen molar-refractivity contribution in [3.8, 4) is 0 Å². The molecule has 2 atom stereocenters. The quantitative estimate of drug-likeness (QED) is 0.718. The molecule has 0 saturated heterocycles. The summed E-state index contributed by atoms with van der Waals surface area (Å²) in [6.07, 6.45) is 1.72. The smallest absolute Gasteiger partial charge is 0.222 e. The monoisotopic (exact) mass is 246 g/mol. The second-order valence-corrected chi connectivity index (χ2v) is 6.38. The molecule has 3 N–H and O–H groups in total. The van der Waals surface area contributed by atoms with Crippen molar-refractivity contribution in [2.75, 3.05) is 5.75 Å². The van der Waals surface area contributed by atoms with Gasteiger partial charge in [0.05, 0.1) is 11.8 Å². The molecule has 16 heavy (non-hydrogen) atoms. The summed E-state index contributed by atoms with van der Waals surface area (Å²) in [7, 11) is -3.11. The van der Waals surface area contributed by atoms with Crippen molar-refractivity contribution in [3.05, 3.63) is 11.5 Å². The van der Waals surface area contributed by atoms with E-state index in [0.29, 0.717) is 0 Å². The predicted octanol–water partition coefficient (Wildman–Crippen LogP) is -0.213. The summed E-state index contributed by atoms with van der Waals surface area (Å²) in [6.45, 7) is 3.88. The zero-order chi connectivity index (χ0) is 12.3. The molecule has 0 aromatic rings. The molecule has 1 aliphatic heterocycles. The zero-order valence-corrected chi connectivity index (χ0v) is 10.3. The lowest BCUT2D eigenvalue weighted by Gasteiger charge is -2.16. The number of sulfone groups is 1. The van der Waals surface area contributed by atoms with Crippen LogP contribution >= 0.6 is 0 Å². The van der Waals surface area contributed by atoms with E-state index in [4.69, 9.17) is 5.73 Å². The standard InChI is InChI=1S/C10H18N2O3S/c1-7(2)9(11)5-10(13)12-8-3-4-16(14,15)6-8/h3-4,7-9H,5-6,11H2,1-2H3,(H,12,13). The molecule has 0 bridgehead atoms. The Morgan fingerprint density at radius 3 is 2.62 bits per heavy atom. The van der Waals surface area contributed by atoms with Gasteiger partial charge in [-0.25, -0.2) is 8.42 Å². The molecule has 1 amide bonds. The Labute approximate surface area is 96.0 Å². The van der Waals surface area contributed by atoms with E-state index >= 15 is 0 Å². The third-order valence-corrected chi connectivity index (χ3v) is 3.95. The molecule has 1 rings (SSSR count). The topological polar surface area (TPSA) is 89.3 Å². The summed E-state index contributed by atoms with van der Waals surface area (Å²) < 4.78 is 22.2. The first-order chi connectivity index (χ1) is 7.30. The minimum Gasteiger partial charge on any atom is -0.349 e. The van der Waals surface area contributed by atoms with Crippen LogP contribution < -0.4 is 11.1 Å². The van der Waals surface area contributed by atoms with Gasteiger partial charge in [0.1, 0.15) is 0 Å². The van der Waals surface area contributed by atoms with Crippen LogP contribution in [0.1, 0.15) is 20.3 Å². The van der Waals surface area contributed by atoms with Crippen LogP contribution in [0.25, 0.3) is 0 Å². The second kappa shape index (κ2) is 4.97. The molecule has 1 aliphatic rings. The van der Waals surface area contributed by atoms with Crippen LogP contribution in [-0.4, -0.2) is 32.2 Å². The number of carbonyl (C=O) groups is 1. The van der Waals surface area contributed by atoms with Crippen molar-refractivity contribution >= 4 is 15.7 Å². The molecule has 0 aliphatic carbocycles. The van der Waals surface area contributed by atoms with Gasteiger partial charge >= 0.3 is 0 Å². The fourth-order valence-electron chi connectivity index (χ4n) is 1.38. The first kappa shape index (κ1) is 13.2. The number of hydrogen-bond acceptors (Lipinski definition) is 4. The molecule has 6 heteroatoms. The Balaban J connectivity index is 2.40.